The molecule has 1 rings (SSSR count). The lowest BCUT2D eigenvalue weighted by atomic mass is 9.93. The van der Waals surface area contributed by atoms with Crippen molar-refractivity contribution in [1.82, 2.24) is 5.32 Å². The zero-order valence-corrected chi connectivity index (χ0v) is 16.7. The van der Waals surface area contributed by atoms with Gasteiger partial charge in [0.05, 0.1) is 6.61 Å². The maximum atomic E-state index is 12.6. The Bertz CT molecular complexity index is 436. The van der Waals surface area contributed by atoms with Crippen LogP contribution in [0.1, 0.15) is 97.3 Å². The Morgan fingerprint density at radius 3 is 2.27 bits per heavy atom. The van der Waals surface area contributed by atoms with Gasteiger partial charge in [-0.2, -0.15) is 0 Å². The first-order valence-electron chi connectivity index (χ1n) is 10.6. The van der Waals surface area contributed by atoms with Crippen molar-refractivity contribution in [3.8, 4) is 0 Å². The van der Waals surface area contributed by atoms with Crippen molar-refractivity contribution in [2.24, 2.45) is 5.92 Å². The summed E-state index contributed by atoms with van der Waals surface area (Å²) in [6, 6.07) is -0.509. The SMILES string of the molecule is CCCCCCCCCCC(CCC(=O)CC)C(=O)N[C@H]1CCOC1=O. The number of ether oxygens (including phenoxy) is 1. The van der Waals surface area contributed by atoms with Crippen LogP contribution < -0.4 is 5.32 Å². The molecule has 0 spiro atoms. The molecule has 26 heavy (non-hydrogen) atoms. The van der Waals surface area contributed by atoms with Crippen molar-refractivity contribution in [1.29, 1.82) is 0 Å². The minimum atomic E-state index is -0.509. The Morgan fingerprint density at radius 2 is 1.69 bits per heavy atom. The molecule has 1 aliphatic heterocycles. The summed E-state index contributed by atoms with van der Waals surface area (Å²) >= 11 is 0. The minimum Gasteiger partial charge on any atom is -0.464 e. The van der Waals surface area contributed by atoms with E-state index in [2.05, 4.69) is 12.2 Å². The first kappa shape index (κ1) is 22.7. The first-order chi connectivity index (χ1) is 12.6. The third kappa shape index (κ3) is 9.35. The highest BCUT2D eigenvalue weighted by Crippen LogP contribution is 2.19. The van der Waals surface area contributed by atoms with E-state index in [-0.39, 0.29) is 23.6 Å². The maximum absolute atomic E-state index is 12.6. The lowest BCUT2D eigenvalue weighted by molar-refractivity contribution is -0.142. The summed E-state index contributed by atoms with van der Waals surface area (Å²) in [7, 11) is 0. The first-order valence-corrected chi connectivity index (χ1v) is 10.6. The van der Waals surface area contributed by atoms with E-state index >= 15 is 0 Å². The number of unbranched alkanes of at least 4 members (excludes halogenated alkanes) is 7. The van der Waals surface area contributed by atoms with Gasteiger partial charge in [0.2, 0.25) is 5.91 Å². The average molecular weight is 368 g/mol. The second-order valence-electron chi connectivity index (χ2n) is 7.41. The molecular weight excluding hydrogens is 330 g/mol. The Labute approximate surface area is 158 Å². The topological polar surface area (TPSA) is 72.5 Å². The van der Waals surface area contributed by atoms with Crippen LogP contribution in [-0.4, -0.2) is 30.3 Å². The third-order valence-corrected chi connectivity index (χ3v) is 5.19. The fourth-order valence-corrected chi connectivity index (χ4v) is 3.36. The van der Waals surface area contributed by atoms with E-state index in [0.29, 0.717) is 32.3 Å². The monoisotopic (exact) mass is 367 g/mol. The molecule has 0 aromatic heterocycles. The molecule has 1 amide bonds. The quantitative estimate of drug-likeness (QED) is 0.345. The number of Topliss-reactive ketones (excluding diaryl/α,β-unsaturated/α-hetero) is 1. The van der Waals surface area contributed by atoms with E-state index in [0.717, 1.165) is 19.3 Å². The highest BCUT2D eigenvalue weighted by Gasteiger charge is 2.30. The van der Waals surface area contributed by atoms with Gasteiger partial charge in [-0.1, -0.05) is 65.2 Å². The summed E-state index contributed by atoms with van der Waals surface area (Å²) < 4.78 is 4.91. The largest absolute Gasteiger partial charge is 0.464 e. The second kappa shape index (κ2) is 13.8. The fourth-order valence-electron chi connectivity index (χ4n) is 3.36. The number of hydrogen-bond acceptors (Lipinski definition) is 4. The van der Waals surface area contributed by atoms with Gasteiger partial charge in [0.1, 0.15) is 11.8 Å². The molecule has 150 valence electrons. The van der Waals surface area contributed by atoms with Crippen molar-refractivity contribution in [2.45, 2.75) is 103 Å². The molecule has 0 aromatic carbocycles. The number of nitrogens with one attached hydrogen (secondary N) is 1. The van der Waals surface area contributed by atoms with Gasteiger partial charge in [-0.05, 0) is 12.8 Å². The molecular formula is C21H37NO4. The molecule has 5 heteroatoms. The van der Waals surface area contributed by atoms with Crippen molar-refractivity contribution < 1.29 is 19.1 Å². The van der Waals surface area contributed by atoms with Gasteiger partial charge < -0.3 is 10.1 Å². The number of carbonyl (C=O) groups excluding carboxylic acids is 3. The maximum Gasteiger partial charge on any atom is 0.328 e. The summed E-state index contributed by atoms with van der Waals surface area (Å²) in [5, 5.41) is 2.82. The highest BCUT2D eigenvalue weighted by molar-refractivity contribution is 5.87. The summed E-state index contributed by atoms with van der Waals surface area (Å²) in [6.07, 6.45) is 12.7. The van der Waals surface area contributed by atoms with Crippen LogP contribution >= 0.6 is 0 Å². The molecule has 1 aliphatic rings. The van der Waals surface area contributed by atoms with Crippen LogP contribution in [0, 0.1) is 5.92 Å². The molecule has 1 unspecified atom stereocenters. The van der Waals surface area contributed by atoms with Crippen molar-refractivity contribution in [3.63, 3.8) is 0 Å². The summed E-state index contributed by atoms with van der Waals surface area (Å²) in [4.78, 5) is 35.7. The zero-order chi connectivity index (χ0) is 19.2. The summed E-state index contributed by atoms with van der Waals surface area (Å²) in [5.74, 6) is -0.424. The smallest absolute Gasteiger partial charge is 0.328 e. The fraction of sp³-hybridized carbons (Fsp3) is 0.857. The van der Waals surface area contributed by atoms with Crippen molar-refractivity contribution >= 4 is 17.7 Å². The number of carbonyl (C=O) groups is 3. The van der Waals surface area contributed by atoms with Gasteiger partial charge in [0.15, 0.2) is 0 Å². The Balaban J connectivity index is 2.34. The van der Waals surface area contributed by atoms with E-state index in [4.69, 9.17) is 4.74 Å². The van der Waals surface area contributed by atoms with Gasteiger partial charge in [-0.3, -0.25) is 9.59 Å². The van der Waals surface area contributed by atoms with Crippen molar-refractivity contribution in [3.05, 3.63) is 0 Å². The standard InChI is InChI=1S/C21H37NO4/c1-3-5-6-7-8-9-10-11-12-17(13-14-18(23)4-2)20(24)22-19-15-16-26-21(19)25/h17,19H,3-16H2,1-2H3,(H,22,24)/t17?,19-/m0/s1. The number of ketones is 1. The van der Waals surface area contributed by atoms with Gasteiger partial charge in [-0.15, -0.1) is 0 Å². The highest BCUT2D eigenvalue weighted by atomic mass is 16.5. The lowest BCUT2D eigenvalue weighted by Crippen LogP contribution is -2.41. The van der Waals surface area contributed by atoms with Crippen LogP contribution in [0.2, 0.25) is 0 Å². The third-order valence-electron chi connectivity index (χ3n) is 5.19. The van der Waals surface area contributed by atoms with Crippen LogP contribution in [0.5, 0.6) is 0 Å². The van der Waals surface area contributed by atoms with Crippen LogP contribution in [-0.2, 0) is 19.1 Å². The average Bonchev–Trinajstić information content (AvgIpc) is 3.04. The Morgan fingerprint density at radius 1 is 1.04 bits per heavy atom. The molecule has 1 heterocycles. The van der Waals surface area contributed by atoms with Crippen LogP contribution in [0.15, 0.2) is 0 Å². The summed E-state index contributed by atoms with van der Waals surface area (Å²) in [6.45, 7) is 4.45. The van der Waals surface area contributed by atoms with Crippen LogP contribution in [0.4, 0.5) is 0 Å². The molecule has 0 radical (unpaired) electrons. The minimum absolute atomic E-state index is 0.0966. The molecule has 0 saturated carbocycles. The molecule has 0 bridgehead atoms. The molecule has 2 atom stereocenters. The normalized spacial score (nSPS) is 17.8. The lowest BCUT2D eigenvalue weighted by Gasteiger charge is -2.18. The zero-order valence-electron chi connectivity index (χ0n) is 16.7. The van der Waals surface area contributed by atoms with E-state index < -0.39 is 6.04 Å². The molecule has 0 aliphatic carbocycles. The Kier molecular flexibility index (Phi) is 12.0. The predicted molar refractivity (Wildman–Crippen MR) is 103 cm³/mol. The molecule has 5 nitrogen and oxygen atoms in total. The van der Waals surface area contributed by atoms with Crippen molar-refractivity contribution in [2.75, 3.05) is 6.61 Å². The number of esters is 1. The number of cyclic esters (lactones) is 1. The molecule has 0 aromatic rings. The number of amides is 1. The van der Waals surface area contributed by atoms with E-state index in [1.54, 1.807) is 0 Å². The van der Waals surface area contributed by atoms with Gasteiger partial charge >= 0.3 is 5.97 Å². The van der Waals surface area contributed by atoms with Gasteiger partial charge in [0.25, 0.3) is 0 Å². The van der Waals surface area contributed by atoms with Gasteiger partial charge in [0, 0.05) is 25.2 Å². The van der Waals surface area contributed by atoms with E-state index in [1.807, 2.05) is 6.92 Å². The second-order valence-corrected chi connectivity index (χ2v) is 7.41. The van der Waals surface area contributed by atoms with Crippen LogP contribution in [0.25, 0.3) is 0 Å². The van der Waals surface area contributed by atoms with E-state index in [9.17, 15) is 14.4 Å². The molecule has 1 saturated heterocycles. The Hall–Kier alpha value is -1.39. The molecule has 1 N–H and O–H groups in total. The van der Waals surface area contributed by atoms with Gasteiger partial charge in [-0.25, -0.2) is 4.79 Å². The number of hydrogen-bond donors (Lipinski definition) is 1. The van der Waals surface area contributed by atoms with Crippen LogP contribution in [0.3, 0.4) is 0 Å². The predicted octanol–water partition coefficient (Wildman–Crippen LogP) is 4.32. The van der Waals surface area contributed by atoms with E-state index in [1.165, 1.54) is 38.5 Å². The summed E-state index contributed by atoms with van der Waals surface area (Å²) in [5.41, 5.74) is 0. The number of rotatable bonds is 15. The molecule has 1 fully saturated rings.